The van der Waals surface area contributed by atoms with Crippen molar-refractivity contribution < 1.29 is 24.0 Å². The summed E-state index contributed by atoms with van der Waals surface area (Å²) in [6.45, 7) is 7.03. The molecule has 180 valence electrons. The molecule has 1 aromatic rings. The summed E-state index contributed by atoms with van der Waals surface area (Å²) in [5, 5.41) is 15.1. The number of nitro benzene ring substituents is 1. The third kappa shape index (κ3) is 5.71. The van der Waals surface area contributed by atoms with Gasteiger partial charge in [-0.25, -0.2) is 4.79 Å². The quantitative estimate of drug-likeness (QED) is 0.160. The molecule has 0 radical (unpaired) electrons. The molecule has 1 saturated heterocycles. The molecule has 3 atom stereocenters. The van der Waals surface area contributed by atoms with Crippen molar-refractivity contribution in [1.29, 1.82) is 0 Å². The zero-order chi connectivity index (χ0) is 24.8. The number of non-ortho nitro benzene ring substituents is 1. The number of carbonyl (C=O) groups excluding carboxylic acids is 3. The minimum Gasteiger partial charge on any atom is -0.456 e. The number of amides is 2. The van der Waals surface area contributed by atoms with Crippen LogP contribution >= 0.6 is 23.5 Å². The van der Waals surface area contributed by atoms with Gasteiger partial charge in [0.2, 0.25) is 11.8 Å². The fourth-order valence-electron chi connectivity index (χ4n) is 3.83. The molecule has 1 unspecified atom stereocenters. The zero-order valence-corrected chi connectivity index (χ0v) is 20.4. The Hall–Kier alpha value is -3.05. The Morgan fingerprint density at radius 3 is 2.71 bits per heavy atom. The van der Waals surface area contributed by atoms with Gasteiger partial charge in [-0.2, -0.15) is 11.8 Å². The lowest BCUT2D eigenvalue weighted by Gasteiger charge is -2.46. The number of rotatable bonds is 11. The SMILES string of the molecule is C=CCSC(C)[C@H]1C(=O)N2C(C(=O)OCc3ccc([N+](=O)[O-])cc3)=C(S/C=C/NC(C)=O)C[C@H]12. The summed E-state index contributed by atoms with van der Waals surface area (Å²) < 4.78 is 5.46. The standard InChI is InChI=1S/C23H25N3O6S2/c1-4-10-33-14(2)20-18-12-19(34-11-9-24-15(3)27)21(25(18)22(20)28)23(29)32-13-16-5-7-17(8-6-16)26(30)31/h4-9,11,14,18,20H,1,10,12-13H2,2-3H3,(H,24,27)/b11-9+/t14?,18-,20-/m1/s1. The van der Waals surface area contributed by atoms with Gasteiger partial charge in [0.1, 0.15) is 12.3 Å². The van der Waals surface area contributed by atoms with E-state index in [1.165, 1.54) is 54.1 Å². The van der Waals surface area contributed by atoms with Crippen molar-refractivity contribution in [3.63, 3.8) is 0 Å². The predicted molar refractivity (Wildman–Crippen MR) is 131 cm³/mol. The van der Waals surface area contributed by atoms with Gasteiger partial charge in [0, 0.05) is 47.6 Å². The van der Waals surface area contributed by atoms with E-state index in [1.807, 2.05) is 6.92 Å². The van der Waals surface area contributed by atoms with Gasteiger partial charge in [-0.1, -0.05) is 24.8 Å². The molecule has 0 saturated carbocycles. The molecular weight excluding hydrogens is 478 g/mol. The molecule has 34 heavy (non-hydrogen) atoms. The normalized spacial score (nSPS) is 20.1. The van der Waals surface area contributed by atoms with Crippen LogP contribution in [0, 0.1) is 16.0 Å². The number of nitrogens with one attached hydrogen (secondary N) is 1. The monoisotopic (exact) mass is 503 g/mol. The maximum Gasteiger partial charge on any atom is 0.356 e. The fourth-order valence-corrected chi connectivity index (χ4v) is 5.64. The van der Waals surface area contributed by atoms with Crippen LogP contribution in [0.2, 0.25) is 0 Å². The third-order valence-corrected chi connectivity index (χ3v) is 7.59. The summed E-state index contributed by atoms with van der Waals surface area (Å²) in [5.41, 5.74) is 0.754. The van der Waals surface area contributed by atoms with Crippen LogP contribution in [0.4, 0.5) is 5.69 Å². The van der Waals surface area contributed by atoms with Crippen molar-refractivity contribution in [3.05, 3.63) is 74.8 Å². The van der Waals surface area contributed by atoms with Crippen molar-refractivity contribution in [1.82, 2.24) is 10.2 Å². The molecule has 0 aromatic heterocycles. The van der Waals surface area contributed by atoms with Crippen molar-refractivity contribution >= 4 is 47.0 Å². The molecule has 3 rings (SSSR count). The van der Waals surface area contributed by atoms with Crippen LogP contribution in [0.5, 0.6) is 0 Å². The van der Waals surface area contributed by atoms with Gasteiger partial charge < -0.3 is 15.0 Å². The van der Waals surface area contributed by atoms with E-state index in [0.29, 0.717) is 16.9 Å². The summed E-state index contributed by atoms with van der Waals surface area (Å²) in [7, 11) is 0. The number of ether oxygens (including phenoxy) is 1. The zero-order valence-electron chi connectivity index (χ0n) is 18.8. The molecule has 1 N–H and O–H groups in total. The lowest BCUT2D eigenvalue weighted by Crippen LogP contribution is -2.61. The molecule has 2 amide bonds. The van der Waals surface area contributed by atoms with E-state index in [-0.39, 0.29) is 47.0 Å². The third-order valence-electron chi connectivity index (χ3n) is 5.43. The second-order valence-corrected chi connectivity index (χ2v) is 10.1. The average Bonchev–Trinajstić information content (AvgIpc) is 3.13. The van der Waals surface area contributed by atoms with E-state index in [4.69, 9.17) is 4.74 Å². The molecule has 1 fully saturated rings. The highest BCUT2D eigenvalue weighted by Crippen LogP contribution is 2.49. The summed E-state index contributed by atoms with van der Waals surface area (Å²) >= 11 is 2.90. The second-order valence-electron chi connectivity index (χ2n) is 7.73. The summed E-state index contributed by atoms with van der Waals surface area (Å²) in [6, 6.07) is 5.60. The number of nitrogens with zero attached hydrogens (tertiary/aromatic N) is 2. The highest BCUT2D eigenvalue weighted by atomic mass is 32.2. The number of hydrogen-bond donors (Lipinski definition) is 1. The number of nitro groups is 1. The first kappa shape index (κ1) is 25.6. The van der Waals surface area contributed by atoms with Gasteiger partial charge in [0.15, 0.2) is 0 Å². The minimum atomic E-state index is -0.630. The number of hydrogen-bond acceptors (Lipinski definition) is 8. The van der Waals surface area contributed by atoms with Gasteiger partial charge in [0.25, 0.3) is 5.69 Å². The van der Waals surface area contributed by atoms with E-state index in [9.17, 15) is 24.5 Å². The predicted octanol–water partition coefficient (Wildman–Crippen LogP) is 3.73. The largest absolute Gasteiger partial charge is 0.456 e. The Balaban J connectivity index is 1.74. The topological polar surface area (TPSA) is 119 Å². The van der Waals surface area contributed by atoms with Crippen LogP contribution in [0.1, 0.15) is 25.8 Å². The van der Waals surface area contributed by atoms with E-state index in [1.54, 1.807) is 23.2 Å². The van der Waals surface area contributed by atoms with Gasteiger partial charge >= 0.3 is 5.97 Å². The Bertz CT molecular complexity index is 1050. The van der Waals surface area contributed by atoms with Crippen LogP contribution < -0.4 is 5.32 Å². The van der Waals surface area contributed by atoms with Crippen molar-refractivity contribution in [2.75, 3.05) is 5.75 Å². The number of benzene rings is 1. The smallest absolute Gasteiger partial charge is 0.356 e. The van der Waals surface area contributed by atoms with Gasteiger partial charge in [0.05, 0.1) is 16.9 Å². The van der Waals surface area contributed by atoms with Crippen molar-refractivity contribution in [2.24, 2.45) is 5.92 Å². The van der Waals surface area contributed by atoms with E-state index >= 15 is 0 Å². The van der Waals surface area contributed by atoms with Gasteiger partial charge in [-0.3, -0.25) is 19.7 Å². The van der Waals surface area contributed by atoms with E-state index in [0.717, 1.165) is 5.75 Å². The molecule has 9 nitrogen and oxygen atoms in total. The average molecular weight is 504 g/mol. The molecule has 1 aromatic carbocycles. The number of carbonyl (C=O) groups is 3. The molecule has 11 heteroatoms. The van der Waals surface area contributed by atoms with Crippen LogP contribution in [-0.2, 0) is 25.7 Å². The molecule has 0 bridgehead atoms. The molecule has 0 spiro atoms. The van der Waals surface area contributed by atoms with Gasteiger partial charge in [-0.15, -0.1) is 6.58 Å². The second kappa shape index (κ2) is 11.4. The maximum absolute atomic E-state index is 13.0. The highest BCUT2D eigenvalue weighted by molar-refractivity contribution is 8.05. The maximum atomic E-state index is 13.0. The minimum absolute atomic E-state index is 0.0540. The summed E-state index contributed by atoms with van der Waals surface area (Å²) in [6.07, 6.45) is 3.80. The first-order valence-corrected chi connectivity index (χ1v) is 12.4. The van der Waals surface area contributed by atoms with Crippen molar-refractivity contribution in [2.45, 2.75) is 38.2 Å². The lowest BCUT2D eigenvalue weighted by molar-refractivity contribution is -0.384. The molecule has 2 aliphatic heterocycles. The summed E-state index contributed by atoms with van der Waals surface area (Å²) in [5.74, 6) is -0.435. The van der Waals surface area contributed by atoms with Crippen LogP contribution in [0.15, 0.2) is 59.1 Å². The molecular formula is C23H25N3O6S2. The number of fused-ring (bicyclic) bond motifs is 1. The van der Waals surface area contributed by atoms with Crippen LogP contribution in [0.25, 0.3) is 0 Å². The van der Waals surface area contributed by atoms with E-state index in [2.05, 4.69) is 11.9 Å². The molecule has 2 aliphatic rings. The highest BCUT2D eigenvalue weighted by Gasteiger charge is 2.57. The Morgan fingerprint density at radius 1 is 1.38 bits per heavy atom. The first-order chi connectivity index (χ1) is 16.2. The Morgan fingerprint density at radius 2 is 2.09 bits per heavy atom. The Labute approximate surface area is 205 Å². The number of β-lactam (4-membered cyclic amide) rings is 1. The lowest BCUT2D eigenvalue weighted by atomic mass is 9.85. The first-order valence-electron chi connectivity index (χ1n) is 10.5. The summed E-state index contributed by atoms with van der Waals surface area (Å²) in [4.78, 5) is 49.6. The van der Waals surface area contributed by atoms with Crippen LogP contribution in [0.3, 0.4) is 0 Å². The number of esters is 1. The molecule has 2 heterocycles. The van der Waals surface area contributed by atoms with Crippen molar-refractivity contribution in [3.8, 4) is 0 Å². The van der Waals surface area contributed by atoms with Gasteiger partial charge in [-0.05, 0) is 23.1 Å². The number of thioether (sulfide) groups is 2. The fraction of sp³-hybridized carbons (Fsp3) is 0.348. The van der Waals surface area contributed by atoms with E-state index < -0.39 is 10.9 Å². The van der Waals surface area contributed by atoms with Crippen LogP contribution in [-0.4, -0.2) is 44.7 Å². The Kier molecular flexibility index (Phi) is 8.56. The molecule has 0 aliphatic carbocycles.